The first-order valence-electron chi connectivity index (χ1n) is 7.38. The molecule has 0 radical (unpaired) electrons. The van der Waals surface area contributed by atoms with E-state index in [0.717, 1.165) is 12.6 Å². The van der Waals surface area contributed by atoms with Crippen LogP contribution in [0.2, 0.25) is 0 Å². The van der Waals surface area contributed by atoms with E-state index in [2.05, 4.69) is 41.0 Å². The largest absolute Gasteiger partial charge is 0.320 e. The van der Waals surface area contributed by atoms with Crippen molar-refractivity contribution in [3.8, 4) is 0 Å². The maximum absolute atomic E-state index is 12.4. The molecule has 1 aliphatic heterocycles. The first-order valence-corrected chi connectivity index (χ1v) is 8.32. The number of carbonyl (C=O) groups is 1. The molecule has 0 bridgehead atoms. The summed E-state index contributed by atoms with van der Waals surface area (Å²) in [6.45, 7) is 4.97. The Hall–Kier alpha value is -0.910. The molecule has 3 atom stereocenters. The van der Waals surface area contributed by atoms with Crippen LogP contribution in [0.25, 0.3) is 0 Å². The number of rotatable bonds is 5. The predicted molar refractivity (Wildman–Crippen MR) is 81.6 cm³/mol. The van der Waals surface area contributed by atoms with Crippen molar-refractivity contribution in [2.75, 3.05) is 13.6 Å². The van der Waals surface area contributed by atoms with E-state index in [1.54, 1.807) is 11.3 Å². The fraction of sp³-hybridized carbons (Fsp3) is 0.667. The van der Waals surface area contributed by atoms with Gasteiger partial charge in [0, 0.05) is 18.6 Å². The molecule has 20 heavy (non-hydrogen) atoms. The Morgan fingerprint density at radius 3 is 2.90 bits per heavy atom. The lowest BCUT2D eigenvalue weighted by Gasteiger charge is -2.31. The third kappa shape index (κ3) is 2.62. The maximum atomic E-state index is 12.4. The van der Waals surface area contributed by atoms with Crippen LogP contribution in [0, 0.1) is 0 Å². The van der Waals surface area contributed by atoms with E-state index in [0.29, 0.717) is 6.04 Å². The van der Waals surface area contributed by atoms with Gasteiger partial charge in [-0.2, -0.15) is 11.3 Å². The van der Waals surface area contributed by atoms with Gasteiger partial charge in [-0.05, 0) is 56.1 Å². The number of likely N-dealkylation sites (N-methyl/N-ethyl adjacent to an activating group) is 1. The van der Waals surface area contributed by atoms with Crippen LogP contribution in [0.4, 0.5) is 0 Å². The molecule has 1 saturated heterocycles. The molecular weight excluding hydrogens is 270 g/mol. The molecule has 4 nitrogen and oxygen atoms in total. The Balaban J connectivity index is 1.72. The van der Waals surface area contributed by atoms with Gasteiger partial charge >= 0.3 is 0 Å². The normalized spacial score (nSPS) is 28.4. The summed E-state index contributed by atoms with van der Waals surface area (Å²) < 4.78 is 0. The van der Waals surface area contributed by atoms with Crippen molar-refractivity contribution < 1.29 is 4.79 Å². The third-order valence-corrected chi connectivity index (χ3v) is 5.21. The average molecular weight is 293 g/mol. The predicted octanol–water partition coefficient (Wildman–Crippen LogP) is 2.05. The van der Waals surface area contributed by atoms with Gasteiger partial charge in [-0.25, -0.2) is 0 Å². The van der Waals surface area contributed by atoms with Crippen LogP contribution in [-0.2, 0) is 4.79 Å². The first kappa shape index (κ1) is 14.0. The van der Waals surface area contributed by atoms with Gasteiger partial charge in [-0.3, -0.25) is 15.0 Å². The van der Waals surface area contributed by atoms with E-state index in [1.165, 1.54) is 18.4 Å². The number of nitrogens with one attached hydrogen (secondary N) is 1. The van der Waals surface area contributed by atoms with Gasteiger partial charge in [0.25, 0.3) is 0 Å². The van der Waals surface area contributed by atoms with Crippen LogP contribution >= 0.6 is 11.3 Å². The summed E-state index contributed by atoms with van der Waals surface area (Å²) in [4.78, 5) is 16.8. The third-order valence-electron chi connectivity index (χ3n) is 4.51. The van der Waals surface area contributed by atoms with Crippen LogP contribution in [0.3, 0.4) is 0 Å². The van der Waals surface area contributed by atoms with Gasteiger partial charge in [0.1, 0.15) is 6.17 Å². The van der Waals surface area contributed by atoms with E-state index in [4.69, 9.17) is 0 Å². The van der Waals surface area contributed by atoms with E-state index < -0.39 is 0 Å². The highest BCUT2D eigenvalue weighted by atomic mass is 32.1. The average Bonchev–Trinajstić information content (AvgIpc) is 3.08. The number of carbonyl (C=O) groups excluding carboxylic acids is 1. The molecule has 1 aromatic heterocycles. The van der Waals surface area contributed by atoms with Crippen molar-refractivity contribution in [2.45, 2.75) is 51.0 Å². The number of amides is 1. The van der Waals surface area contributed by atoms with Crippen molar-refractivity contribution >= 4 is 17.2 Å². The topological polar surface area (TPSA) is 35.6 Å². The minimum Gasteiger partial charge on any atom is -0.320 e. The summed E-state index contributed by atoms with van der Waals surface area (Å²) in [5, 5.41) is 7.61. The molecular formula is C15H23N3OS. The highest BCUT2D eigenvalue weighted by Crippen LogP contribution is 2.30. The zero-order valence-corrected chi connectivity index (χ0v) is 13.2. The number of nitrogens with zero attached hydrogens (tertiary/aromatic N) is 2. The Labute approximate surface area is 124 Å². The molecule has 2 fully saturated rings. The minimum absolute atomic E-state index is 0.0406. The molecule has 2 aliphatic rings. The Morgan fingerprint density at radius 1 is 1.55 bits per heavy atom. The smallest absolute Gasteiger partial charge is 0.241 e. The molecule has 3 unspecified atom stereocenters. The van der Waals surface area contributed by atoms with Crippen molar-refractivity contribution in [1.29, 1.82) is 0 Å². The second kappa shape index (κ2) is 5.47. The standard InChI is InChI=1S/C15H23N3OS/c1-10(17(3)13-4-5-13)8-18-14(12-6-7-20-9-12)16-11(2)15(18)19/h6-7,9-11,13-14,16H,4-5,8H2,1-3H3. The van der Waals surface area contributed by atoms with Gasteiger partial charge < -0.3 is 4.90 Å². The monoisotopic (exact) mass is 293 g/mol. The highest BCUT2D eigenvalue weighted by molar-refractivity contribution is 7.07. The summed E-state index contributed by atoms with van der Waals surface area (Å²) in [5.41, 5.74) is 1.20. The van der Waals surface area contributed by atoms with Crippen molar-refractivity contribution in [3.63, 3.8) is 0 Å². The van der Waals surface area contributed by atoms with E-state index in [9.17, 15) is 4.79 Å². The van der Waals surface area contributed by atoms with Crippen LogP contribution < -0.4 is 5.32 Å². The molecule has 110 valence electrons. The molecule has 1 amide bonds. The van der Waals surface area contributed by atoms with E-state index >= 15 is 0 Å². The number of hydrogen-bond acceptors (Lipinski definition) is 4. The summed E-state index contributed by atoms with van der Waals surface area (Å²) >= 11 is 1.68. The Bertz CT molecular complexity index is 471. The Kier molecular flexibility index (Phi) is 3.84. The van der Waals surface area contributed by atoms with Gasteiger partial charge in [0.05, 0.1) is 6.04 Å². The molecule has 2 heterocycles. The Morgan fingerprint density at radius 2 is 2.30 bits per heavy atom. The SMILES string of the molecule is CC1NC(c2ccsc2)N(CC(C)N(C)C2CC2)C1=O. The molecule has 1 aromatic rings. The van der Waals surface area contributed by atoms with Gasteiger partial charge in [0.15, 0.2) is 0 Å². The number of hydrogen-bond donors (Lipinski definition) is 1. The second-order valence-corrected chi connectivity index (χ2v) is 6.86. The minimum atomic E-state index is -0.0849. The highest BCUT2D eigenvalue weighted by Gasteiger charge is 2.39. The van der Waals surface area contributed by atoms with E-state index in [-0.39, 0.29) is 18.1 Å². The van der Waals surface area contributed by atoms with Gasteiger partial charge in [-0.1, -0.05) is 0 Å². The van der Waals surface area contributed by atoms with Gasteiger partial charge in [0.2, 0.25) is 5.91 Å². The molecule has 5 heteroatoms. The molecule has 1 aliphatic carbocycles. The van der Waals surface area contributed by atoms with Crippen molar-refractivity contribution in [2.24, 2.45) is 0 Å². The molecule has 0 aromatic carbocycles. The van der Waals surface area contributed by atoms with Crippen LogP contribution in [-0.4, -0.2) is 47.4 Å². The molecule has 1 saturated carbocycles. The lowest BCUT2D eigenvalue weighted by atomic mass is 10.2. The zero-order valence-electron chi connectivity index (χ0n) is 12.4. The van der Waals surface area contributed by atoms with Crippen LogP contribution in [0.5, 0.6) is 0 Å². The van der Waals surface area contributed by atoms with Gasteiger partial charge in [-0.15, -0.1) is 0 Å². The number of thiophene rings is 1. The lowest BCUT2D eigenvalue weighted by molar-refractivity contribution is -0.130. The quantitative estimate of drug-likeness (QED) is 0.902. The molecule has 3 rings (SSSR count). The van der Waals surface area contributed by atoms with Crippen molar-refractivity contribution in [3.05, 3.63) is 22.4 Å². The molecule has 1 N–H and O–H groups in total. The molecule has 0 spiro atoms. The van der Waals surface area contributed by atoms with E-state index in [1.807, 2.05) is 11.8 Å². The fourth-order valence-electron chi connectivity index (χ4n) is 2.93. The summed E-state index contributed by atoms with van der Waals surface area (Å²) in [6, 6.07) is 3.15. The summed E-state index contributed by atoms with van der Waals surface area (Å²) in [6.07, 6.45) is 2.65. The fourth-order valence-corrected chi connectivity index (χ4v) is 3.61. The van der Waals surface area contributed by atoms with Crippen LogP contribution in [0.1, 0.15) is 38.4 Å². The van der Waals surface area contributed by atoms with Crippen LogP contribution in [0.15, 0.2) is 16.8 Å². The second-order valence-electron chi connectivity index (χ2n) is 6.08. The lowest BCUT2D eigenvalue weighted by Crippen LogP contribution is -2.43. The van der Waals surface area contributed by atoms with Crippen molar-refractivity contribution in [1.82, 2.24) is 15.1 Å². The first-order chi connectivity index (χ1) is 9.58. The zero-order chi connectivity index (χ0) is 14.3. The summed E-state index contributed by atoms with van der Waals surface area (Å²) in [5.74, 6) is 0.220. The maximum Gasteiger partial charge on any atom is 0.241 e. The summed E-state index contributed by atoms with van der Waals surface area (Å²) in [7, 11) is 2.18.